The first-order valence-electron chi connectivity index (χ1n) is 16.0. The maximum Gasteiger partial charge on any atom is 0.249 e. The molecule has 1 spiro atoms. The number of aliphatic hydroxyl groups excluding tert-OH is 1. The number of hydrogen-bond acceptors (Lipinski definition) is 6. The largest absolute Gasteiger partial charge is 0.494 e. The third kappa shape index (κ3) is 5.47. The molecule has 0 aromatic heterocycles. The van der Waals surface area contributed by atoms with Gasteiger partial charge in [0.15, 0.2) is 0 Å². The second-order valence-corrected chi connectivity index (χ2v) is 14.6. The Morgan fingerprint density at radius 3 is 2.25 bits per heavy atom. The first-order valence-corrected chi connectivity index (χ1v) is 16.0. The van der Waals surface area contributed by atoms with Gasteiger partial charge in [-0.05, 0) is 76.6 Å². The molecular formula is C35H49N3O6. The van der Waals surface area contributed by atoms with Gasteiger partial charge in [0.2, 0.25) is 17.7 Å². The molecule has 0 bridgehead atoms. The highest BCUT2D eigenvalue weighted by atomic mass is 16.5. The van der Waals surface area contributed by atoms with Crippen molar-refractivity contribution in [1.82, 2.24) is 9.80 Å². The van der Waals surface area contributed by atoms with Crippen molar-refractivity contribution in [2.24, 2.45) is 17.3 Å². The number of unbranched alkanes of at least 4 members (excludes halogenated alkanes) is 1. The van der Waals surface area contributed by atoms with Crippen LogP contribution in [0.2, 0.25) is 0 Å². The summed E-state index contributed by atoms with van der Waals surface area (Å²) in [4.78, 5) is 49.1. The van der Waals surface area contributed by atoms with E-state index in [1.165, 1.54) is 0 Å². The lowest BCUT2D eigenvalue weighted by atomic mass is 9.74. The van der Waals surface area contributed by atoms with Gasteiger partial charge in [-0.2, -0.15) is 0 Å². The molecule has 4 aliphatic heterocycles. The normalized spacial score (nSPS) is 30.3. The Morgan fingerprint density at radius 2 is 1.61 bits per heavy atom. The quantitative estimate of drug-likeness (QED) is 0.331. The van der Waals surface area contributed by atoms with Crippen molar-refractivity contribution < 1.29 is 29.0 Å². The molecule has 9 nitrogen and oxygen atoms in total. The van der Waals surface area contributed by atoms with Crippen molar-refractivity contribution in [2.45, 2.75) is 90.5 Å². The molecule has 1 aromatic rings. The minimum atomic E-state index is -1.30. The molecule has 0 saturated carbocycles. The number of carbonyl (C=O) groups is 3. The second kappa shape index (κ2) is 11.6. The SMILES string of the molecule is CCOc1ccc(N2CC=C[C@]3(C)O[C@]45C=CCN(C(C)(C)CC(C)(C)C)C(=O)C4N(CCCCO)C(=O)[C@@H]5[C@@H]3C2=O)cc1. The highest BCUT2D eigenvalue weighted by Crippen LogP contribution is 2.58. The minimum Gasteiger partial charge on any atom is -0.494 e. The molecule has 44 heavy (non-hydrogen) atoms. The van der Waals surface area contributed by atoms with Crippen molar-refractivity contribution in [1.29, 1.82) is 0 Å². The molecule has 1 unspecified atom stereocenters. The standard InChI is InChI=1S/C35H49N3O6/c1-8-43-25-15-13-24(14-16-25)36-20-11-17-34(7)26(29(36)40)27-30(41)37(19-9-10-22-39)28-31(42)38(21-12-18-35(27,28)44-34)33(5,6)23-32(2,3)4/h11-18,26-28,39H,8-10,19-23H2,1-7H3/t26-,27+,28?,34+,35+/m1/s1. The Hall–Kier alpha value is -3.17. The molecule has 1 N–H and O–H groups in total. The molecule has 4 aliphatic rings. The van der Waals surface area contributed by atoms with Crippen LogP contribution in [0.4, 0.5) is 5.69 Å². The predicted octanol–water partition coefficient (Wildman–Crippen LogP) is 4.34. The van der Waals surface area contributed by atoms with Crippen LogP contribution in [0.15, 0.2) is 48.6 Å². The van der Waals surface area contributed by atoms with Crippen LogP contribution in [-0.4, -0.2) is 88.3 Å². The maximum atomic E-state index is 14.8. The zero-order valence-electron chi connectivity index (χ0n) is 27.3. The van der Waals surface area contributed by atoms with E-state index in [2.05, 4.69) is 34.6 Å². The Morgan fingerprint density at radius 1 is 0.932 bits per heavy atom. The zero-order valence-corrected chi connectivity index (χ0v) is 27.3. The van der Waals surface area contributed by atoms with Gasteiger partial charge in [0.25, 0.3) is 0 Å². The Bertz CT molecular complexity index is 1330. The summed E-state index contributed by atoms with van der Waals surface area (Å²) in [5.74, 6) is -1.61. The number of fused-ring (bicyclic) bond motifs is 2. The molecule has 2 saturated heterocycles. The number of nitrogens with zero attached hydrogens (tertiary/aromatic N) is 3. The lowest BCUT2D eigenvalue weighted by Gasteiger charge is -2.44. The van der Waals surface area contributed by atoms with Crippen LogP contribution in [0.5, 0.6) is 5.75 Å². The fourth-order valence-corrected chi connectivity index (χ4v) is 8.21. The highest BCUT2D eigenvalue weighted by Gasteiger charge is 2.75. The smallest absolute Gasteiger partial charge is 0.249 e. The van der Waals surface area contributed by atoms with Crippen LogP contribution in [0.3, 0.4) is 0 Å². The van der Waals surface area contributed by atoms with E-state index < -0.39 is 34.6 Å². The van der Waals surface area contributed by atoms with Crippen LogP contribution < -0.4 is 9.64 Å². The average Bonchev–Trinajstić information content (AvgIpc) is 3.18. The number of anilines is 1. The number of benzene rings is 1. The molecule has 2 fully saturated rings. The third-order valence-electron chi connectivity index (χ3n) is 9.52. The number of ether oxygens (including phenoxy) is 2. The zero-order chi connectivity index (χ0) is 32.1. The van der Waals surface area contributed by atoms with Crippen molar-refractivity contribution >= 4 is 23.4 Å². The first kappa shape index (κ1) is 32.2. The van der Waals surface area contributed by atoms with Crippen LogP contribution in [0.25, 0.3) is 0 Å². The average molecular weight is 608 g/mol. The number of rotatable bonds is 9. The fraction of sp³-hybridized carbons (Fsp3) is 0.629. The van der Waals surface area contributed by atoms with Gasteiger partial charge in [0.1, 0.15) is 17.4 Å². The Labute approximate surface area is 261 Å². The van der Waals surface area contributed by atoms with Crippen molar-refractivity contribution in [3.8, 4) is 5.75 Å². The van der Waals surface area contributed by atoms with E-state index in [4.69, 9.17) is 9.47 Å². The van der Waals surface area contributed by atoms with E-state index in [0.29, 0.717) is 44.8 Å². The number of amides is 3. The van der Waals surface area contributed by atoms with Gasteiger partial charge in [0.05, 0.1) is 24.0 Å². The van der Waals surface area contributed by atoms with Gasteiger partial charge in [0, 0.05) is 37.5 Å². The van der Waals surface area contributed by atoms with Gasteiger partial charge < -0.3 is 29.3 Å². The van der Waals surface area contributed by atoms with E-state index in [0.717, 1.165) is 12.2 Å². The van der Waals surface area contributed by atoms with Gasteiger partial charge in [-0.25, -0.2) is 0 Å². The molecule has 9 heteroatoms. The molecule has 3 amide bonds. The van der Waals surface area contributed by atoms with Crippen LogP contribution >= 0.6 is 0 Å². The van der Waals surface area contributed by atoms with Gasteiger partial charge in [-0.1, -0.05) is 45.1 Å². The number of likely N-dealkylation sites (tertiary alicyclic amines) is 1. The summed E-state index contributed by atoms with van der Waals surface area (Å²) in [7, 11) is 0. The minimum absolute atomic E-state index is 0.00260. The molecule has 0 aliphatic carbocycles. The molecular weight excluding hydrogens is 558 g/mol. The monoisotopic (exact) mass is 607 g/mol. The molecule has 5 atom stereocenters. The molecule has 4 heterocycles. The van der Waals surface area contributed by atoms with E-state index in [1.54, 1.807) is 9.80 Å². The summed E-state index contributed by atoms with van der Waals surface area (Å²) in [5, 5.41) is 9.51. The Kier molecular flexibility index (Phi) is 8.53. The number of aliphatic hydroxyl groups is 1. The summed E-state index contributed by atoms with van der Waals surface area (Å²) >= 11 is 0. The molecule has 1 aromatic carbocycles. The topological polar surface area (TPSA) is 99.6 Å². The molecule has 240 valence electrons. The van der Waals surface area contributed by atoms with Crippen molar-refractivity contribution in [2.75, 3.05) is 37.7 Å². The summed E-state index contributed by atoms with van der Waals surface area (Å²) < 4.78 is 12.6. The second-order valence-electron chi connectivity index (χ2n) is 14.6. The van der Waals surface area contributed by atoms with Crippen molar-refractivity contribution in [3.05, 3.63) is 48.6 Å². The summed E-state index contributed by atoms with van der Waals surface area (Å²) in [6.07, 6.45) is 9.49. The predicted molar refractivity (Wildman–Crippen MR) is 169 cm³/mol. The first-order chi connectivity index (χ1) is 20.7. The lowest BCUT2D eigenvalue weighted by Crippen LogP contribution is -2.60. The van der Waals surface area contributed by atoms with E-state index in [1.807, 2.05) is 67.3 Å². The van der Waals surface area contributed by atoms with Gasteiger partial charge in [-0.3, -0.25) is 14.4 Å². The third-order valence-corrected chi connectivity index (χ3v) is 9.52. The van der Waals surface area contributed by atoms with Crippen LogP contribution in [0.1, 0.15) is 67.7 Å². The highest BCUT2D eigenvalue weighted by molar-refractivity contribution is 6.04. The molecule has 5 rings (SSSR count). The van der Waals surface area contributed by atoms with Gasteiger partial charge >= 0.3 is 0 Å². The lowest BCUT2D eigenvalue weighted by molar-refractivity contribution is -0.155. The van der Waals surface area contributed by atoms with Crippen LogP contribution in [-0.2, 0) is 19.1 Å². The van der Waals surface area contributed by atoms with Crippen molar-refractivity contribution in [3.63, 3.8) is 0 Å². The van der Waals surface area contributed by atoms with E-state index >= 15 is 0 Å². The summed E-state index contributed by atoms with van der Waals surface area (Å²) in [5.41, 5.74) is -2.21. The van der Waals surface area contributed by atoms with E-state index in [-0.39, 0.29) is 29.7 Å². The summed E-state index contributed by atoms with van der Waals surface area (Å²) in [6, 6.07) is 6.48. The number of carbonyl (C=O) groups excluding carboxylic acids is 3. The van der Waals surface area contributed by atoms with Gasteiger partial charge in [-0.15, -0.1) is 0 Å². The molecule has 0 radical (unpaired) electrons. The summed E-state index contributed by atoms with van der Waals surface area (Å²) in [6.45, 7) is 16.0. The van der Waals surface area contributed by atoms with E-state index in [9.17, 15) is 19.5 Å². The van der Waals surface area contributed by atoms with Crippen LogP contribution in [0, 0.1) is 17.3 Å². The number of hydrogen-bond donors (Lipinski definition) is 1. The maximum absolute atomic E-state index is 14.8. The Balaban J connectivity index is 1.57. The fourth-order valence-electron chi connectivity index (χ4n) is 8.21.